The summed E-state index contributed by atoms with van der Waals surface area (Å²) in [4.78, 5) is 7.12. The molecule has 1 atom stereocenters. The first-order valence-corrected chi connectivity index (χ1v) is 7.98. The van der Waals surface area contributed by atoms with Crippen LogP contribution in [0.3, 0.4) is 0 Å². The van der Waals surface area contributed by atoms with Crippen LogP contribution in [-0.2, 0) is 6.54 Å². The Kier molecular flexibility index (Phi) is 6.05. The molecule has 1 aliphatic rings. The molecule has 1 unspecified atom stereocenters. The summed E-state index contributed by atoms with van der Waals surface area (Å²) >= 11 is 0. The Morgan fingerprint density at radius 2 is 2.00 bits per heavy atom. The molecule has 1 fully saturated rings. The number of nitrogens with zero attached hydrogens (tertiary/aromatic N) is 2. The third kappa shape index (κ3) is 5.38. The average molecular weight is 288 g/mol. The topological polar surface area (TPSA) is 39.7 Å². The van der Waals surface area contributed by atoms with E-state index in [0.717, 1.165) is 25.1 Å². The van der Waals surface area contributed by atoms with Crippen molar-refractivity contribution in [2.45, 2.75) is 45.3 Å². The van der Waals surface area contributed by atoms with Crippen LogP contribution in [0, 0.1) is 0 Å². The van der Waals surface area contributed by atoms with Gasteiger partial charge in [-0.1, -0.05) is 30.3 Å². The summed E-state index contributed by atoms with van der Waals surface area (Å²) in [5.41, 5.74) is 1.23. The van der Waals surface area contributed by atoms with E-state index in [0.29, 0.717) is 12.6 Å². The maximum atomic E-state index is 4.65. The number of guanidine groups is 1. The molecule has 1 aromatic carbocycles. The van der Waals surface area contributed by atoms with Crippen LogP contribution in [0.1, 0.15) is 32.3 Å². The van der Waals surface area contributed by atoms with Crippen LogP contribution in [0.4, 0.5) is 0 Å². The minimum Gasteiger partial charge on any atom is -0.357 e. The maximum absolute atomic E-state index is 4.65. The van der Waals surface area contributed by atoms with Crippen molar-refractivity contribution in [3.63, 3.8) is 0 Å². The summed E-state index contributed by atoms with van der Waals surface area (Å²) in [5, 5.41) is 6.76. The molecule has 0 amide bonds. The summed E-state index contributed by atoms with van der Waals surface area (Å²) in [7, 11) is 2.22. The van der Waals surface area contributed by atoms with Gasteiger partial charge in [0.2, 0.25) is 0 Å². The Morgan fingerprint density at radius 1 is 1.29 bits per heavy atom. The first kappa shape index (κ1) is 15.8. The average Bonchev–Trinajstić information content (AvgIpc) is 3.34. The highest BCUT2D eigenvalue weighted by atomic mass is 15.2. The molecular formula is C17H28N4. The van der Waals surface area contributed by atoms with Gasteiger partial charge in [0, 0.05) is 25.2 Å². The lowest BCUT2D eigenvalue weighted by atomic mass is 10.2. The number of benzene rings is 1. The smallest absolute Gasteiger partial charge is 0.191 e. The fourth-order valence-electron chi connectivity index (χ4n) is 2.33. The van der Waals surface area contributed by atoms with E-state index in [1.54, 1.807) is 0 Å². The SMILES string of the molecule is CCNC(=NCc1ccccc1)NCC(C)N(C)C1CC1. The summed E-state index contributed by atoms with van der Waals surface area (Å²) < 4.78 is 0. The van der Waals surface area contributed by atoms with Crippen molar-refractivity contribution >= 4 is 5.96 Å². The van der Waals surface area contributed by atoms with E-state index in [1.165, 1.54) is 18.4 Å². The van der Waals surface area contributed by atoms with Crippen LogP contribution in [-0.4, -0.2) is 43.1 Å². The second-order valence-corrected chi connectivity index (χ2v) is 5.81. The molecule has 4 nitrogen and oxygen atoms in total. The molecule has 0 spiro atoms. The van der Waals surface area contributed by atoms with Gasteiger partial charge in [0.05, 0.1) is 6.54 Å². The molecule has 4 heteroatoms. The fourth-order valence-corrected chi connectivity index (χ4v) is 2.33. The Morgan fingerprint density at radius 3 is 2.62 bits per heavy atom. The van der Waals surface area contributed by atoms with Gasteiger partial charge < -0.3 is 10.6 Å². The van der Waals surface area contributed by atoms with Crippen LogP contribution in [0.5, 0.6) is 0 Å². The summed E-state index contributed by atoms with van der Waals surface area (Å²) in [6, 6.07) is 11.7. The first-order chi connectivity index (χ1) is 10.2. The Labute approximate surface area is 128 Å². The molecule has 0 radical (unpaired) electrons. The molecule has 2 rings (SSSR count). The highest BCUT2D eigenvalue weighted by Crippen LogP contribution is 2.26. The third-order valence-corrected chi connectivity index (χ3v) is 3.99. The minimum atomic E-state index is 0.526. The van der Waals surface area contributed by atoms with Crippen molar-refractivity contribution in [1.82, 2.24) is 15.5 Å². The predicted octanol–water partition coefficient (Wildman–Crippen LogP) is 2.22. The molecule has 0 aliphatic heterocycles. The van der Waals surface area contributed by atoms with Gasteiger partial charge >= 0.3 is 0 Å². The number of likely N-dealkylation sites (N-methyl/N-ethyl adjacent to an activating group) is 1. The van der Waals surface area contributed by atoms with E-state index in [9.17, 15) is 0 Å². The van der Waals surface area contributed by atoms with Gasteiger partial charge in [-0.2, -0.15) is 0 Å². The van der Waals surface area contributed by atoms with Gasteiger partial charge in [0.1, 0.15) is 0 Å². The van der Waals surface area contributed by atoms with E-state index in [1.807, 2.05) is 6.07 Å². The minimum absolute atomic E-state index is 0.526. The van der Waals surface area contributed by atoms with Gasteiger partial charge in [-0.15, -0.1) is 0 Å². The third-order valence-electron chi connectivity index (χ3n) is 3.99. The Bertz CT molecular complexity index is 439. The van der Waals surface area contributed by atoms with Crippen LogP contribution in [0.15, 0.2) is 35.3 Å². The van der Waals surface area contributed by atoms with Crippen LogP contribution in [0.2, 0.25) is 0 Å². The van der Waals surface area contributed by atoms with E-state index in [-0.39, 0.29) is 0 Å². The second-order valence-electron chi connectivity index (χ2n) is 5.81. The molecule has 116 valence electrons. The molecule has 0 saturated heterocycles. The number of nitrogens with one attached hydrogen (secondary N) is 2. The lowest BCUT2D eigenvalue weighted by Gasteiger charge is -2.25. The highest BCUT2D eigenvalue weighted by molar-refractivity contribution is 5.79. The molecule has 0 aromatic heterocycles. The van der Waals surface area contributed by atoms with Crippen molar-refractivity contribution in [3.8, 4) is 0 Å². The molecule has 0 heterocycles. The van der Waals surface area contributed by atoms with Crippen LogP contribution < -0.4 is 10.6 Å². The van der Waals surface area contributed by atoms with Crippen molar-refractivity contribution in [2.24, 2.45) is 4.99 Å². The number of hydrogen-bond donors (Lipinski definition) is 2. The molecule has 21 heavy (non-hydrogen) atoms. The van der Waals surface area contributed by atoms with Crippen molar-refractivity contribution < 1.29 is 0 Å². The Hall–Kier alpha value is -1.55. The van der Waals surface area contributed by atoms with Crippen LogP contribution >= 0.6 is 0 Å². The van der Waals surface area contributed by atoms with E-state index in [2.05, 4.69) is 65.7 Å². The van der Waals surface area contributed by atoms with Gasteiger partial charge in [-0.3, -0.25) is 4.90 Å². The summed E-state index contributed by atoms with van der Waals surface area (Å²) in [6.07, 6.45) is 2.70. The highest BCUT2D eigenvalue weighted by Gasteiger charge is 2.28. The Balaban J connectivity index is 1.83. The lowest BCUT2D eigenvalue weighted by Crippen LogP contribution is -2.45. The standard InChI is InChI=1S/C17H28N4/c1-4-18-17(20-13-15-8-6-5-7-9-15)19-12-14(2)21(3)16-10-11-16/h5-9,14,16H,4,10-13H2,1-3H3,(H2,18,19,20). The van der Waals surface area contributed by atoms with E-state index < -0.39 is 0 Å². The largest absolute Gasteiger partial charge is 0.357 e. The molecule has 1 aliphatic carbocycles. The van der Waals surface area contributed by atoms with Crippen molar-refractivity contribution in [1.29, 1.82) is 0 Å². The van der Waals surface area contributed by atoms with E-state index in [4.69, 9.17) is 0 Å². The van der Waals surface area contributed by atoms with Crippen molar-refractivity contribution in [3.05, 3.63) is 35.9 Å². The number of hydrogen-bond acceptors (Lipinski definition) is 2. The van der Waals surface area contributed by atoms with Gasteiger partial charge in [-0.05, 0) is 39.3 Å². The molecule has 1 saturated carbocycles. The fraction of sp³-hybridized carbons (Fsp3) is 0.588. The lowest BCUT2D eigenvalue weighted by molar-refractivity contribution is 0.247. The summed E-state index contributed by atoms with van der Waals surface area (Å²) in [5.74, 6) is 0.900. The first-order valence-electron chi connectivity index (χ1n) is 7.98. The van der Waals surface area contributed by atoms with Gasteiger partial charge in [0.15, 0.2) is 5.96 Å². The maximum Gasteiger partial charge on any atom is 0.191 e. The zero-order chi connectivity index (χ0) is 15.1. The monoisotopic (exact) mass is 288 g/mol. The number of aliphatic imine (C=N–C) groups is 1. The van der Waals surface area contributed by atoms with Crippen molar-refractivity contribution in [2.75, 3.05) is 20.1 Å². The molecule has 2 N–H and O–H groups in total. The molecule has 0 bridgehead atoms. The number of rotatable bonds is 7. The zero-order valence-corrected chi connectivity index (χ0v) is 13.5. The van der Waals surface area contributed by atoms with Gasteiger partial charge in [-0.25, -0.2) is 4.99 Å². The molecular weight excluding hydrogens is 260 g/mol. The predicted molar refractivity (Wildman–Crippen MR) is 89.5 cm³/mol. The second kappa shape index (κ2) is 8.03. The van der Waals surface area contributed by atoms with Crippen LogP contribution in [0.25, 0.3) is 0 Å². The quantitative estimate of drug-likeness (QED) is 0.597. The molecule has 1 aromatic rings. The van der Waals surface area contributed by atoms with E-state index >= 15 is 0 Å². The van der Waals surface area contributed by atoms with Gasteiger partial charge in [0.25, 0.3) is 0 Å². The zero-order valence-electron chi connectivity index (χ0n) is 13.5. The normalized spacial score (nSPS) is 16.9. The summed E-state index contributed by atoms with van der Waals surface area (Å²) in [6.45, 7) is 6.88.